The van der Waals surface area contributed by atoms with Crippen LogP contribution in [0, 0.1) is 19.8 Å². The van der Waals surface area contributed by atoms with E-state index in [1.165, 1.54) is 11.3 Å². The predicted molar refractivity (Wildman–Crippen MR) is 84.9 cm³/mol. The molecule has 5 heteroatoms. The Morgan fingerprint density at radius 1 is 1.38 bits per heavy atom. The normalized spacial score (nSPS) is 17.6. The first-order valence-corrected chi connectivity index (χ1v) is 8.09. The molecule has 1 aliphatic rings. The molecule has 1 heterocycles. The first kappa shape index (κ1) is 15.8. The van der Waals surface area contributed by atoms with E-state index in [-0.39, 0.29) is 17.8 Å². The van der Waals surface area contributed by atoms with Crippen molar-refractivity contribution in [3.63, 3.8) is 0 Å². The number of amides is 1. The average Bonchev–Trinajstić information content (AvgIpc) is 2.75. The zero-order valence-electron chi connectivity index (χ0n) is 12.7. The van der Waals surface area contributed by atoms with Gasteiger partial charge in [0.2, 0.25) is 5.91 Å². The Balaban J connectivity index is 2.19. The van der Waals surface area contributed by atoms with Gasteiger partial charge < -0.3 is 10.1 Å². The third kappa shape index (κ3) is 3.53. The Morgan fingerprint density at radius 2 is 2.14 bits per heavy atom. The lowest BCUT2D eigenvalue weighted by Crippen LogP contribution is -2.24. The number of anilines is 1. The fourth-order valence-electron chi connectivity index (χ4n) is 2.41. The van der Waals surface area contributed by atoms with Crippen LogP contribution in [0.2, 0.25) is 0 Å². The van der Waals surface area contributed by atoms with Gasteiger partial charge in [-0.25, -0.2) is 4.79 Å². The summed E-state index contributed by atoms with van der Waals surface area (Å²) in [7, 11) is 0. The van der Waals surface area contributed by atoms with Gasteiger partial charge in [-0.3, -0.25) is 4.79 Å². The molecule has 1 N–H and O–H groups in total. The Morgan fingerprint density at radius 3 is 2.76 bits per heavy atom. The molecule has 1 amide bonds. The van der Waals surface area contributed by atoms with Crippen molar-refractivity contribution in [2.24, 2.45) is 5.92 Å². The van der Waals surface area contributed by atoms with Gasteiger partial charge in [0.15, 0.2) is 0 Å². The van der Waals surface area contributed by atoms with Crippen LogP contribution < -0.4 is 5.32 Å². The molecule has 1 aromatic heterocycles. The van der Waals surface area contributed by atoms with Crippen molar-refractivity contribution in [2.75, 3.05) is 11.9 Å². The topological polar surface area (TPSA) is 55.4 Å². The number of hydrogen-bond acceptors (Lipinski definition) is 4. The summed E-state index contributed by atoms with van der Waals surface area (Å²) in [6.45, 7) is 5.94. The molecule has 0 aromatic carbocycles. The molecule has 0 bridgehead atoms. The van der Waals surface area contributed by atoms with Crippen molar-refractivity contribution in [1.82, 2.24) is 0 Å². The van der Waals surface area contributed by atoms with Crippen molar-refractivity contribution >= 4 is 28.2 Å². The van der Waals surface area contributed by atoms with Crippen LogP contribution in [0.15, 0.2) is 12.2 Å². The van der Waals surface area contributed by atoms with Gasteiger partial charge in [0.25, 0.3) is 0 Å². The van der Waals surface area contributed by atoms with Crippen LogP contribution in [0.5, 0.6) is 0 Å². The molecule has 1 unspecified atom stereocenters. The van der Waals surface area contributed by atoms with Gasteiger partial charge >= 0.3 is 5.97 Å². The molecule has 1 atom stereocenters. The largest absolute Gasteiger partial charge is 0.462 e. The Bertz CT molecular complexity index is 574. The smallest absolute Gasteiger partial charge is 0.341 e. The van der Waals surface area contributed by atoms with Crippen molar-refractivity contribution < 1.29 is 14.3 Å². The molecule has 21 heavy (non-hydrogen) atoms. The monoisotopic (exact) mass is 307 g/mol. The number of ether oxygens (including phenoxy) is 1. The summed E-state index contributed by atoms with van der Waals surface area (Å²) in [5.41, 5.74) is 1.39. The summed E-state index contributed by atoms with van der Waals surface area (Å²) in [6.07, 6.45) is 6.72. The highest BCUT2D eigenvalue weighted by molar-refractivity contribution is 7.16. The molecule has 1 aliphatic carbocycles. The minimum Gasteiger partial charge on any atom is -0.462 e. The molecule has 2 rings (SSSR count). The molecular weight excluding hydrogens is 286 g/mol. The minimum absolute atomic E-state index is 0.00671. The van der Waals surface area contributed by atoms with Gasteiger partial charge in [0.05, 0.1) is 12.2 Å². The van der Waals surface area contributed by atoms with Crippen molar-refractivity contribution in [3.8, 4) is 0 Å². The number of allylic oxidation sites excluding steroid dienone is 2. The molecule has 114 valence electrons. The van der Waals surface area contributed by atoms with E-state index >= 15 is 0 Å². The van der Waals surface area contributed by atoms with Gasteiger partial charge in [0, 0.05) is 10.8 Å². The number of hydrogen-bond donors (Lipinski definition) is 1. The van der Waals surface area contributed by atoms with E-state index in [0.29, 0.717) is 17.2 Å². The molecule has 0 spiro atoms. The SMILES string of the molecule is CCOC(=O)c1c(NC(=O)C2CC=CCC2)sc(C)c1C. The maximum atomic E-state index is 12.3. The molecule has 0 saturated carbocycles. The number of aryl methyl sites for hydroxylation is 1. The van der Waals surface area contributed by atoms with Gasteiger partial charge in [-0.1, -0.05) is 12.2 Å². The standard InChI is InChI=1S/C16H21NO3S/c1-4-20-16(19)13-10(2)11(3)21-15(13)17-14(18)12-8-6-5-7-9-12/h5-6,12H,4,7-9H2,1-3H3,(H,17,18). The number of carbonyl (C=O) groups is 2. The summed E-state index contributed by atoms with van der Waals surface area (Å²) in [5.74, 6) is -0.378. The summed E-state index contributed by atoms with van der Waals surface area (Å²) in [6, 6.07) is 0. The third-order valence-electron chi connectivity index (χ3n) is 3.74. The highest BCUT2D eigenvalue weighted by atomic mass is 32.1. The van der Waals surface area contributed by atoms with Crippen LogP contribution in [0.4, 0.5) is 5.00 Å². The second-order valence-corrected chi connectivity index (χ2v) is 6.40. The second kappa shape index (κ2) is 6.89. The van der Waals surface area contributed by atoms with E-state index in [9.17, 15) is 9.59 Å². The number of esters is 1. The summed E-state index contributed by atoms with van der Waals surface area (Å²) >= 11 is 1.44. The van der Waals surface area contributed by atoms with E-state index < -0.39 is 0 Å². The van der Waals surface area contributed by atoms with E-state index in [4.69, 9.17) is 4.74 Å². The van der Waals surface area contributed by atoms with Crippen LogP contribution in [-0.4, -0.2) is 18.5 Å². The lowest BCUT2D eigenvalue weighted by Gasteiger charge is -2.17. The quantitative estimate of drug-likeness (QED) is 0.679. The number of carbonyl (C=O) groups excluding carboxylic acids is 2. The number of rotatable bonds is 4. The van der Waals surface area contributed by atoms with E-state index in [1.807, 2.05) is 19.9 Å². The van der Waals surface area contributed by atoms with Gasteiger partial charge in [-0.05, 0) is 45.6 Å². The maximum Gasteiger partial charge on any atom is 0.341 e. The summed E-state index contributed by atoms with van der Waals surface area (Å²) in [4.78, 5) is 25.4. The van der Waals surface area contributed by atoms with E-state index in [2.05, 4.69) is 11.4 Å². The lowest BCUT2D eigenvalue weighted by atomic mass is 9.94. The van der Waals surface area contributed by atoms with Gasteiger partial charge in [0.1, 0.15) is 5.00 Å². The molecule has 4 nitrogen and oxygen atoms in total. The van der Waals surface area contributed by atoms with Gasteiger partial charge in [-0.15, -0.1) is 11.3 Å². The minimum atomic E-state index is -0.363. The molecule has 0 saturated heterocycles. The Hall–Kier alpha value is -1.62. The van der Waals surface area contributed by atoms with Crippen molar-refractivity contribution in [3.05, 3.63) is 28.2 Å². The Labute approximate surface area is 129 Å². The fraction of sp³-hybridized carbons (Fsp3) is 0.500. The van der Waals surface area contributed by atoms with E-state index in [1.54, 1.807) is 6.92 Å². The molecule has 1 aromatic rings. The van der Waals surface area contributed by atoms with Crippen molar-refractivity contribution in [1.29, 1.82) is 0 Å². The number of thiophene rings is 1. The molecule has 0 radical (unpaired) electrons. The Kier molecular flexibility index (Phi) is 5.17. The molecule has 0 aliphatic heterocycles. The third-order valence-corrected chi connectivity index (χ3v) is 4.86. The van der Waals surface area contributed by atoms with Crippen LogP contribution in [0.3, 0.4) is 0 Å². The average molecular weight is 307 g/mol. The highest BCUT2D eigenvalue weighted by Gasteiger charge is 2.25. The first-order chi connectivity index (χ1) is 10.0. The predicted octanol–water partition coefficient (Wildman–Crippen LogP) is 3.84. The fourth-order valence-corrected chi connectivity index (χ4v) is 3.46. The van der Waals surface area contributed by atoms with Crippen LogP contribution in [0.25, 0.3) is 0 Å². The van der Waals surface area contributed by atoms with Crippen LogP contribution in [0.1, 0.15) is 47.0 Å². The zero-order chi connectivity index (χ0) is 15.4. The molecular formula is C16H21NO3S. The second-order valence-electron chi connectivity index (χ2n) is 5.18. The first-order valence-electron chi connectivity index (χ1n) is 7.27. The lowest BCUT2D eigenvalue weighted by molar-refractivity contribution is -0.120. The van der Waals surface area contributed by atoms with Gasteiger partial charge in [-0.2, -0.15) is 0 Å². The zero-order valence-corrected chi connectivity index (χ0v) is 13.5. The van der Waals surface area contributed by atoms with Crippen LogP contribution >= 0.6 is 11.3 Å². The molecule has 0 fully saturated rings. The number of nitrogens with one attached hydrogen (secondary N) is 1. The van der Waals surface area contributed by atoms with E-state index in [0.717, 1.165) is 29.7 Å². The maximum absolute atomic E-state index is 12.3. The van der Waals surface area contributed by atoms with Crippen molar-refractivity contribution in [2.45, 2.75) is 40.0 Å². The van der Waals surface area contributed by atoms with Crippen LogP contribution in [-0.2, 0) is 9.53 Å². The summed E-state index contributed by atoms with van der Waals surface area (Å²) < 4.78 is 5.10. The summed E-state index contributed by atoms with van der Waals surface area (Å²) in [5, 5.41) is 3.54. The highest BCUT2D eigenvalue weighted by Crippen LogP contribution is 2.34.